The number of sulfonamides is 1. The molecule has 0 aromatic heterocycles. The molecule has 10 heteroatoms. The van der Waals surface area contributed by atoms with Gasteiger partial charge < -0.3 is 4.90 Å². The minimum absolute atomic E-state index is 0.00632. The van der Waals surface area contributed by atoms with Crippen LogP contribution in [0.4, 0.5) is 15.8 Å². The van der Waals surface area contributed by atoms with Crippen LogP contribution in [0.5, 0.6) is 0 Å². The fourth-order valence-electron chi connectivity index (χ4n) is 2.80. The molecule has 2 aromatic rings. The van der Waals surface area contributed by atoms with Crippen molar-refractivity contribution < 1.29 is 17.7 Å². The normalized spacial score (nSPS) is 15.8. The molecular formula is C16H15ClFN3O4S. The maximum atomic E-state index is 14.0. The number of piperazine rings is 1. The summed E-state index contributed by atoms with van der Waals surface area (Å²) in [7, 11) is -3.95. The van der Waals surface area contributed by atoms with Crippen molar-refractivity contribution in [2.75, 3.05) is 31.1 Å². The molecule has 0 amide bonds. The van der Waals surface area contributed by atoms with Crippen molar-refractivity contribution in [3.8, 4) is 0 Å². The second-order valence-electron chi connectivity index (χ2n) is 5.74. The number of benzene rings is 2. The van der Waals surface area contributed by atoms with Crippen LogP contribution in [0.15, 0.2) is 47.4 Å². The Morgan fingerprint density at radius 2 is 1.65 bits per heavy atom. The van der Waals surface area contributed by atoms with Gasteiger partial charge in [-0.2, -0.15) is 4.31 Å². The zero-order valence-electron chi connectivity index (χ0n) is 13.5. The summed E-state index contributed by atoms with van der Waals surface area (Å²) in [5.41, 5.74) is 0.762. The highest BCUT2D eigenvalue weighted by Crippen LogP contribution is 2.25. The highest BCUT2D eigenvalue weighted by Gasteiger charge is 2.30. The molecule has 2 aromatic carbocycles. The van der Waals surface area contributed by atoms with E-state index in [1.165, 1.54) is 22.5 Å². The van der Waals surface area contributed by atoms with Crippen molar-refractivity contribution in [1.29, 1.82) is 0 Å². The SMILES string of the molecule is O=[N+]([O-])c1ccc(N2CCN(S(=O)(=O)c3ccc(Cl)cc3F)CC2)cc1. The van der Waals surface area contributed by atoms with Gasteiger partial charge in [0, 0.05) is 49.0 Å². The number of non-ortho nitro benzene ring substituents is 1. The van der Waals surface area contributed by atoms with Gasteiger partial charge in [0.25, 0.3) is 5.69 Å². The number of halogens is 2. The predicted octanol–water partition coefficient (Wildman–Crippen LogP) is 2.90. The van der Waals surface area contributed by atoms with E-state index in [9.17, 15) is 22.9 Å². The molecule has 0 aliphatic carbocycles. The molecule has 1 aliphatic rings. The summed E-state index contributed by atoms with van der Waals surface area (Å²) in [6, 6.07) is 9.54. The fourth-order valence-corrected chi connectivity index (χ4v) is 4.42. The van der Waals surface area contributed by atoms with Crippen LogP contribution < -0.4 is 4.90 Å². The molecule has 1 saturated heterocycles. The first-order valence-electron chi connectivity index (χ1n) is 7.73. The molecule has 7 nitrogen and oxygen atoms in total. The van der Waals surface area contributed by atoms with Crippen LogP contribution in [-0.2, 0) is 10.0 Å². The van der Waals surface area contributed by atoms with Crippen LogP contribution in [0, 0.1) is 15.9 Å². The fraction of sp³-hybridized carbons (Fsp3) is 0.250. The number of nitrogens with zero attached hydrogens (tertiary/aromatic N) is 3. The topological polar surface area (TPSA) is 83.8 Å². The van der Waals surface area contributed by atoms with E-state index in [2.05, 4.69) is 0 Å². The predicted molar refractivity (Wildman–Crippen MR) is 95.5 cm³/mol. The Hall–Kier alpha value is -2.23. The lowest BCUT2D eigenvalue weighted by molar-refractivity contribution is -0.384. The number of anilines is 1. The summed E-state index contributed by atoms with van der Waals surface area (Å²) in [4.78, 5) is 11.8. The molecule has 0 saturated carbocycles. The van der Waals surface area contributed by atoms with Crippen LogP contribution in [0.2, 0.25) is 5.02 Å². The molecule has 1 fully saturated rings. The van der Waals surface area contributed by atoms with E-state index in [0.29, 0.717) is 13.1 Å². The van der Waals surface area contributed by atoms with Gasteiger partial charge in [-0.05, 0) is 30.3 Å². The van der Waals surface area contributed by atoms with Crippen LogP contribution in [-0.4, -0.2) is 43.8 Å². The van der Waals surface area contributed by atoms with Gasteiger partial charge in [0.1, 0.15) is 10.7 Å². The third-order valence-corrected chi connectivity index (χ3v) is 6.34. The smallest absolute Gasteiger partial charge is 0.269 e. The van der Waals surface area contributed by atoms with Gasteiger partial charge in [-0.25, -0.2) is 12.8 Å². The lowest BCUT2D eigenvalue weighted by Gasteiger charge is -2.35. The van der Waals surface area contributed by atoms with Crippen molar-refractivity contribution in [2.24, 2.45) is 0 Å². The van der Waals surface area contributed by atoms with Gasteiger partial charge in [0.2, 0.25) is 10.0 Å². The molecule has 0 unspecified atom stereocenters. The zero-order chi connectivity index (χ0) is 18.9. The van der Waals surface area contributed by atoms with E-state index >= 15 is 0 Å². The third-order valence-electron chi connectivity index (χ3n) is 4.18. The summed E-state index contributed by atoms with van der Waals surface area (Å²) in [5, 5.41) is 10.8. The molecule has 26 heavy (non-hydrogen) atoms. The average Bonchev–Trinajstić information content (AvgIpc) is 2.61. The Balaban J connectivity index is 1.72. The Bertz CT molecular complexity index is 929. The molecule has 0 atom stereocenters. The van der Waals surface area contributed by atoms with Crippen LogP contribution in [0.3, 0.4) is 0 Å². The van der Waals surface area contributed by atoms with E-state index in [1.54, 1.807) is 12.1 Å². The second kappa shape index (κ2) is 7.18. The van der Waals surface area contributed by atoms with Crippen molar-refractivity contribution in [2.45, 2.75) is 4.90 Å². The first-order valence-corrected chi connectivity index (χ1v) is 9.55. The minimum atomic E-state index is -3.95. The summed E-state index contributed by atoms with van der Waals surface area (Å²) in [6.07, 6.45) is 0. The van der Waals surface area contributed by atoms with E-state index in [4.69, 9.17) is 11.6 Å². The monoisotopic (exact) mass is 399 g/mol. The molecule has 1 heterocycles. The lowest BCUT2D eigenvalue weighted by atomic mass is 10.2. The molecule has 3 rings (SSSR count). The average molecular weight is 400 g/mol. The molecule has 138 valence electrons. The molecule has 0 N–H and O–H groups in total. The second-order valence-corrected chi connectivity index (χ2v) is 8.08. The number of nitro groups is 1. The quantitative estimate of drug-likeness (QED) is 0.583. The summed E-state index contributed by atoms with van der Waals surface area (Å²) in [5.74, 6) is -0.879. The number of rotatable bonds is 4. The largest absolute Gasteiger partial charge is 0.369 e. The first kappa shape index (κ1) is 18.6. The Morgan fingerprint density at radius 1 is 1.04 bits per heavy atom. The van der Waals surface area contributed by atoms with Gasteiger partial charge in [0.15, 0.2) is 0 Å². The van der Waals surface area contributed by atoms with Crippen molar-refractivity contribution in [3.63, 3.8) is 0 Å². The number of hydrogen-bond acceptors (Lipinski definition) is 5. The Morgan fingerprint density at radius 3 is 2.19 bits per heavy atom. The van der Waals surface area contributed by atoms with Gasteiger partial charge >= 0.3 is 0 Å². The summed E-state index contributed by atoms with van der Waals surface area (Å²) < 4.78 is 40.5. The van der Waals surface area contributed by atoms with E-state index in [1.807, 2.05) is 4.90 Å². The molecule has 1 aliphatic heterocycles. The van der Waals surface area contributed by atoms with Crippen LogP contribution >= 0.6 is 11.6 Å². The van der Waals surface area contributed by atoms with Gasteiger partial charge in [0.05, 0.1) is 4.92 Å². The maximum Gasteiger partial charge on any atom is 0.269 e. The Kier molecular flexibility index (Phi) is 5.12. The van der Waals surface area contributed by atoms with E-state index in [0.717, 1.165) is 17.8 Å². The molecule has 0 bridgehead atoms. The van der Waals surface area contributed by atoms with Crippen molar-refractivity contribution >= 4 is 33.0 Å². The molecule has 0 spiro atoms. The van der Waals surface area contributed by atoms with E-state index in [-0.39, 0.29) is 23.8 Å². The summed E-state index contributed by atoms with van der Waals surface area (Å²) in [6.45, 7) is 1.15. The van der Waals surface area contributed by atoms with Gasteiger partial charge in [-0.1, -0.05) is 11.6 Å². The minimum Gasteiger partial charge on any atom is -0.369 e. The van der Waals surface area contributed by atoms with E-state index < -0.39 is 25.7 Å². The van der Waals surface area contributed by atoms with Gasteiger partial charge in [-0.3, -0.25) is 10.1 Å². The zero-order valence-corrected chi connectivity index (χ0v) is 15.1. The number of hydrogen-bond donors (Lipinski definition) is 0. The van der Waals surface area contributed by atoms with Crippen LogP contribution in [0.1, 0.15) is 0 Å². The van der Waals surface area contributed by atoms with Crippen LogP contribution in [0.25, 0.3) is 0 Å². The maximum absolute atomic E-state index is 14.0. The highest BCUT2D eigenvalue weighted by atomic mass is 35.5. The first-order chi connectivity index (χ1) is 12.3. The Labute approximate surface area is 154 Å². The lowest BCUT2D eigenvalue weighted by Crippen LogP contribution is -2.48. The molecular weight excluding hydrogens is 385 g/mol. The standard InChI is InChI=1S/C16H15ClFN3O4S/c17-12-1-6-16(15(18)11-12)26(24,25)20-9-7-19(8-10-20)13-2-4-14(5-3-13)21(22)23/h1-6,11H,7-10H2. The third kappa shape index (κ3) is 3.64. The van der Waals surface area contributed by atoms with Gasteiger partial charge in [-0.15, -0.1) is 0 Å². The number of nitro benzene ring substituents is 1. The molecule has 0 radical (unpaired) electrons. The summed E-state index contributed by atoms with van der Waals surface area (Å²) >= 11 is 5.67. The highest BCUT2D eigenvalue weighted by molar-refractivity contribution is 7.89. The van der Waals surface area contributed by atoms with Crippen molar-refractivity contribution in [1.82, 2.24) is 4.31 Å². The van der Waals surface area contributed by atoms with Crippen molar-refractivity contribution in [3.05, 3.63) is 63.4 Å².